The molecule has 2 atom stereocenters. The van der Waals surface area contributed by atoms with Crippen LogP contribution in [0.3, 0.4) is 0 Å². The van der Waals surface area contributed by atoms with E-state index in [-0.39, 0.29) is 25.1 Å². The molecule has 1 rings (SSSR count). The maximum absolute atomic E-state index is 12.0. The summed E-state index contributed by atoms with van der Waals surface area (Å²) in [4.78, 5) is 23.7. The molecule has 0 aromatic rings. The van der Waals surface area contributed by atoms with Crippen molar-refractivity contribution in [1.29, 1.82) is 0 Å². The van der Waals surface area contributed by atoms with E-state index in [1.807, 2.05) is 0 Å². The molecule has 6 nitrogen and oxygen atoms in total. The van der Waals surface area contributed by atoms with Crippen molar-refractivity contribution in [3.05, 3.63) is 0 Å². The van der Waals surface area contributed by atoms with Crippen LogP contribution in [0.2, 0.25) is 0 Å². The van der Waals surface area contributed by atoms with E-state index in [4.69, 9.17) is 16.3 Å². The van der Waals surface area contributed by atoms with Crippen LogP contribution in [-0.4, -0.2) is 60.8 Å². The molecule has 1 aliphatic heterocycles. The number of amides is 1. The highest BCUT2D eigenvalue weighted by Crippen LogP contribution is 2.12. The lowest BCUT2D eigenvalue weighted by molar-refractivity contribution is -0.144. The van der Waals surface area contributed by atoms with Crippen molar-refractivity contribution in [3.63, 3.8) is 0 Å². The van der Waals surface area contributed by atoms with Crippen LogP contribution in [0, 0.1) is 12.3 Å². The van der Waals surface area contributed by atoms with Gasteiger partial charge in [-0.3, -0.25) is 9.59 Å². The first-order valence-corrected chi connectivity index (χ1v) is 5.28. The van der Waals surface area contributed by atoms with Crippen molar-refractivity contribution in [2.45, 2.75) is 18.6 Å². The summed E-state index contributed by atoms with van der Waals surface area (Å²) < 4.78 is 5.12. The molecule has 1 fully saturated rings. The quantitative estimate of drug-likeness (QED) is 0.597. The van der Waals surface area contributed by atoms with Crippen LogP contribution in [0.4, 0.5) is 0 Å². The molecular weight excluding hydrogens is 224 g/mol. The molecule has 0 spiro atoms. The summed E-state index contributed by atoms with van der Waals surface area (Å²) in [5, 5.41) is 11.7. The van der Waals surface area contributed by atoms with Crippen LogP contribution in [0.25, 0.3) is 0 Å². The minimum absolute atomic E-state index is 0.000955. The Kier molecular flexibility index (Phi) is 4.94. The molecule has 6 heteroatoms. The fraction of sp³-hybridized carbons (Fsp3) is 0.636. The zero-order valence-corrected chi connectivity index (χ0v) is 9.68. The number of nitrogens with zero attached hydrogens (tertiary/aromatic N) is 1. The van der Waals surface area contributed by atoms with Crippen LogP contribution >= 0.6 is 0 Å². The summed E-state index contributed by atoms with van der Waals surface area (Å²) in [6, 6.07) is -0.410. The Morgan fingerprint density at radius 3 is 2.82 bits per heavy atom. The Balaban J connectivity index is 2.59. The highest BCUT2D eigenvalue weighted by atomic mass is 16.5. The van der Waals surface area contributed by atoms with Gasteiger partial charge in [-0.05, 0) is 6.42 Å². The molecule has 1 saturated heterocycles. The van der Waals surface area contributed by atoms with Crippen molar-refractivity contribution in [2.24, 2.45) is 0 Å². The van der Waals surface area contributed by atoms with Gasteiger partial charge in [0.15, 0.2) is 0 Å². The number of rotatable bonds is 5. The number of carboxylic acid groups (broad SMARTS) is 1. The molecule has 2 unspecified atom stereocenters. The number of methoxy groups -OCH3 is 1. The highest BCUT2D eigenvalue weighted by molar-refractivity contribution is 5.85. The third-order valence-corrected chi connectivity index (χ3v) is 2.64. The lowest BCUT2D eigenvalue weighted by atomic mass is 10.1. The normalized spacial score (nSPS) is 23.1. The molecule has 0 aliphatic carbocycles. The summed E-state index contributed by atoms with van der Waals surface area (Å²) in [6.45, 7) is 0.212. The van der Waals surface area contributed by atoms with Gasteiger partial charge in [0.25, 0.3) is 0 Å². The summed E-state index contributed by atoms with van der Waals surface area (Å²) in [5.74, 6) is 0.924. The Labute approximate surface area is 99.9 Å². The summed E-state index contributed by atoms with van der Waals surface area (Å²) in [5.41, 5.74) is 0. The standard InChI is InChI=1S/C11H16N2O4/c1-3-4-13(7-10(14)15)11(16)9-5-8(17-2)6-12-9/h1,8-9,12H,4-7H2,2H3,(H,14,15). The molecule has 2 N–H and O–H groups in total. The number of carbonyl (C=O) groups is 2. The molecule has 0 bridgehead atoms. The SMILES string of the molecule is C#CCN(CC(=O)O)C(=O)C1CC(OC)CN1. The number of aliphatic carboxylic acids is 1. The lowest BCUT2D eigenvalue weighted by Gasteiger charge is -2.21. The molecule has 17 heavy (non-hydrogen) atoms. The van der Waals surface area contributed by atoms with E-state index in [9.17, 15) is 9.59 Å². The van der Waals surface area contributed by atoms with E-state index >= 15 is 0 Å². The fourth-order valence-electron chi connectivity index (χ4n) is 1.78. The largest absolute Gasteiger partial charge is 0.480 e. The van der Waals surface area contributed by atoms with Crippen LogP contribution in [0.15, 0.2) is 0 Å². The zero-order valence-electron chi connectivity index (χ0n) is 9.68. The number of carbonyl (C=O) groups excluding carboxylic acids is 1. The summed E-state index contributed by atoms with van der Waals surface area (Å²) in [7, 11) is 1.58. The van der Waals surface area contributed by atoms with Gasteiger partial charge in [-0.2, -0.15) is 0 Å². The van der Waals surface area contributed by atoms with E-state index in [2.05, 4.69) is 11.2 Å². The van der Waals surface area contributed by atoms with Gasteiger partial charge < -0.3 is 20.1 Å². The van der Waals surface area contributed by atoms with E-state index in [1.54, 1.807) is 7.11 Å². The number of hydrogen-bond donors (Lipinski definition) is 2. The van der Waals surface area contributed by atoms with Gasteiger partial charge in [0.1, 0.15) is 6.54 Å². The third kappa shape index (κ3) is 3.73. The van der Waals surface area contributed by atoms with Crippen molar-refractivity contribution in [1.82, 2.24) is 10.2 Å². The second-order valence-corrected chi connectivity index (χ2v) is 3.85. The van der Waals surface area contributed by atoms with E-state index in [0.717, 1.165) is 4.90 Å². The third-order valence-electron chi connectivity index (χ3n) is 2.64. The van der Waals surface area contributed by atoms with Gasteiger partial charge in [-0.15, -0.1) is 6.42 Å². The Morgan fingerprint density at radius 1 is 1.65 bits per heavy atom. The van der Waals surface area contributed by atoms with Crippen LogP contribution in [-0.2, 0) is 14.3 Å². The average Bonchev–Trinajstić information content (AvgIpc) is 2.75. The maximum atomic E-state index is 12.0. The summed E-state index contributed by atoms with van der Waals surface area (Å²) >= 11 is 0. The van der Waals surface area contributed by atoms with Gasteiger partial charge in [-0.1, -0.05) is 5.92 Å². The molecular formula is C11H16N2O4. The molecule has 0 aromatic carbocycles. The Morgan fingerprint density at radius 2 is 2.35 bits per heavy atom. The number of carboxylic acids is 1. The topological polar surface area (TPSA) is 78.9 Å². The monoisotopic (exact) mass is 240 g/mol. The number of ether oxygens (including phenoxy) is 1. The van der Waals surface area contributed by atoms with E-state index in [1.165, 1.54) is 0 Å². The van der Waals surface area contributed by atoms with E-state index in [0.29, 0.717) is 13.0 Å². The fourth-order valence-corrected chi connectivity index (χ4v) is 1.78. The second-order valence-electron chi connectivity index (χ2n) is 3.85. The van der Waals surface area contributed by atoms with Gasteiger partial charge in [0.05, 0.1) is 18.7 Å². The lowest BCUT2D eigenvalue weighted by Crippen LogP contribution is -2.45. The van der Waals surface area contributed by atoms with Crippen molar-refractivity contribution < 1.29 is 19.4 Å². The van der Waals surface area contributed by atoms with Crippen molar-refractivity contribution in [2.75, 3.05) is 26.7 Å². The first-order chi connectivity index (χ1) is 8.08. The van der Waals surface area contributed by atoms with Crippen molar-refractivity contribution in [3.8, 4) is 12.3 Å². The van der Waals surface area contributed by atoms with Gasteiger partial charge in [0, 0.05) is 13.7 Å². The minimum Gasteiger partial charge on any atom is -0.480 e. The molecule has 0 aromatic heterocycles. The first kappa shape index (κ1) is 13.5. The maximum Gasteiger partial charge on any atom is 0.323 e. The van der Waals surface area contributed by atoms with Gasteiger partial charge >= 0.3 is 5.97 Å². The first-order valence-electron chi connectivity index (χ1n) is 5.28. The average molecular weight is 240 g/mol. The minimum atomic E-state index is -1.07. The zero-order chi connectivity index (χ0) is 12.8. The van der Waals surface area contributed by atoms with Crippen molar-refractivity contribution >= 4 is 11.9 Å². The molecule has 1 heterocycles. The van der Waals surface area contributed by atoms with Gasteiger partial charge in [-0.25, -0.2) is 0 Å². The Hall–Kier alpha value is -1.58. The molecule has 0 saturated carbocycles. The molecule has 1 amide bonds. The molecule has 94 valence electrons. The van der Waals surface area contributed by atoms with E-state index < -0.39 is 12.0 Å². The predicted octanol–water partition coefficient (Wildman–Crippen LogP) is -1.09. The van der Waals surface area contributed by atoms with Crippen LogP contribution < -0.4 is 5.32 Å². The van der Waals surface area contributed by atoms with Crippen LogP contribution in [0.5, 0.6) is 0 Å². The summed E-state index contributed by atoms with van der Waals surface area (Å²) in [6.07, 6.45) is 5.64. The number of hydrogen-bond acceptors (Lipinski definition) is 4. The number of nitrogens with one attached hydrogen (secondary N) is 1. The number of terminal acetylenes is 1. The smallest absolute Gasteiger partial charge is 0.323 e. The molecule has 1 aliphatic rings. The van der Waals surface area contributed by atoms with Gasteiger partial charge in [0.2, 0.25) is 5.91 Å². The highest BCUT2D eigenvalue weighted by Gasteiger charge is 2.32. The Bertz CT molecular complexity index is 337. The van der Waals surface area contributed by atoms with Crippen LogP contribution in [0.1, 0.15) is 6.42 Å². The second kappa shape index (κ2) is 6.23. The molecule has 0 radical (unpaired) electrons. The predicted molar refractivity (Wildman–Crippen MR) is 60.3 cm³/mol.